The van der Waals surface area contributed by atoms with Crippen LogP contribution in [-0.4, -0.2) is 42.1 Å². The van der Waals surface area contributed by atoms with Crippen LogP contribution in [0.15, 0.2) is 29.4 Å². The second-order valence-corrected chi connectivity index (χ2v) is 6.40. The average Bonchev–Trinajstić information content (AvgIpc) is 2.36. The fraction of sp³-hybridized carbons (Fsp3) is 0.417. The Kier molecular flexibility index (Phi) is 4.86. The van der Waals surface area contributed by atoms with E-state index in [0.29, 0.717) is 5.56 Å². The number of oxime groups is 1. The molecule has 1 aromatic rings. The van der Waals surface area contributed by atoms with Crippen molar-refractivity contribution in [1.29, 1.82) is 0 Å². The molecular weight excluding hydrogens is 254 g/mol. The van der Waals surface area contributed by atoms with Crippen LogP contribution >= 0.6 is 0 Å². The molecule has 1 rings (SSSR count). The van der Waals surface area contributed by atoms with E-state index >= 15 is 0 Å². The molecule has 1 atom stereocenters. The standard InChI is InChI=1S/C12H17NO4S/c1-3-18(16,17)11(8-14)12(13-15)10-7-5-4-6-9(10)2/h4-7,11,14-15H,3,8H2,1-2H3. The minimum Gasteiger partial charge on any atom is -0.411 e. The summed E-state index contributed by atoms with van der Waals surface area (Å²) < 4.78 is 23.7. The fourth-order valence-electron chi connectivity index (χ4n) is 1.72. The number of nitrogens with zero attached hydrogens (tertiary/aromatic N) is 1. The molecule has 0 saturated carbocycles. The van der Waals surface area contributed by atoms with E-state index in [9.17, 15) is 13.5 Å². The van der Waals surface area contributed by atoms with Gasteiger partial charge in [0.2, 0.25) is 0 Å². The molecule has 5 nitrogen and oxygen atoms in total. The molecule has 0 aliphatic heterocycles. The fourth-order valence-corrected chi connectivity index (χ4v) is 2.87. The molecule has 0 bridgehead atoms. The number of hydrogen-bond donors (Lipinski definition) is 2. The molecular formula is C12H17NO4S. The maximum absolute atomic E-state index is 11.9. The van der Waals surface area contributed by atoms with E-state index in [2.05, 4.69) is 5.16 Å². The number of sulfone groups is 1. The van der Waals surface area contributed by atoms with E-state index in [4.69, 9.17) is 5.21 Å². The highest BCUT2D eigenvalue weighted by molar-refractivity contribution is 7.92. The van der Waals surface area contributed by atoms with Gasteiger partial charge in [0.15, 0.2) is 9.84 Å². The maximum Gasteiger partial charge on any atom is 0.161 e. The van der Waals surface area contributed by atoms with Crippen molar-refractivity contribution in [3.8, 4) is 0 Å². The molecule has 2 N–H and O–H groups in total. The summed E-state index contributed by atoms with van der Waals surface area (Å²) in [5.74, 6) is -0.122. The lowest BCUT2D eigenvalue weighted by Gasteiger charge is -2.17. The quantitative estimate of drug-likeness (QED) is 0.474. The average molecular weight is 271 g/mol. The van der Waals surface area contributed by atoms with Gasteiger partial charge in [-0.3, -0.25) is 0 Å². The Morgan fingerprint density at radius 1 is 1.39 bits per heavy atom. The third-order valence-corrected chi connectivity index (χ3v) is 4.88. The molecule has 0 radical (unpaired) electrons. The van der Waals surface area contributed by atoms with Crippen LogP contribution in [0.3, 0.4) is 0 Å². The molecule has 0 fully saturated rings. The zero-order valence-corrected chi connectivity index (χ0v) is 11.2. The van der Waals surface area contributed by atoms with Crippen LogP contribution < -0.4 is 0 Å². The van der Waals surface area contributed by atoms with Crippen LogP contribution in [-0.2, 0) is 9.84 Å². The number of aryl methyl sites for hydroxylation is 1. The number of benzene rings is 1. The molecule has 18 heavy (non-hydrogen) atoms. The molecule has 6 heteroatoms. The second kappa shape index (κ2) is 5.97. The number of aliphatic hydroxyl groups excluding tert-OH is 1. The van der Waals surface area contributed by atoms with Crippen molar-refractivity contribution < 1.29 is 18.7 Å². The van der Waals surface area contributed by atoms with Crippen LogP contribution in [0.5, 0.6) is 0 Å². The van der Waals surface area contributed by atoms with Crippen molar-refractivity contribution in [3.63, 3.8) is 0 Å². The molecule has 0 aromatic heterocycles. The molecule has 1 aromatic carbocycles. The van der Waals surface area contributed by atoms with Crippen LogP contribution in [0.2, 0.25) is 0 Å². The third-order valence-electron chi connectivity index (χ3n) is 2.84. The van der Waals surface area contributed by atoms with Crippen molar-refractivity contribution in [2.45, 2.75) is 19.1 Å². The van der Waals surface area contributed by atoms with Gasteiger partial charge < -0.3 is 10.3 Å². The summed E-state index contributed by atoms with van der Waals surface area (Å²) in [6.45, 7) is 2.67. The maximum atomic E-state index is 11.9. The lowest BCUT2D eigenvalue weighted by Crippen LogP contribution is -2.36. The molecule has 0 spiro atoms. The predicted octanol–water partition coefficient (Wildman–Crippen LogP) is 0.969. The predicted molar refractivity (Wildman–Crippen MR) is 69.8 cm³/mol. The van der Waals surface area contributed by atoms with E-state index in [-0.39, 0.29) is 11.5 Å². The molecule has 0 amide bonds. The zero-order chi connectivity index (χ0) is 13.8. The van der Waals surface area contributed by atoms with E-state index < -0.39 is 21.7 Å². The Bertz CT molecular complexity index is 537. The first-order valence-corrected chi connectivity index (χ1v) is 7.29. The lowest BCUT2D eigenvalue weighted by molar-refractivity contribution is 0.296. The zero-order valence-electron chi connectivity index (χ0n) is 10.4. The van der Waals surface area contributed by atoms with E-state index in [1.54, 1.807) is 31.2 Å². The van der Waals surface area contributed by atoms with Gasteiger partial charge in [-0.25, -0.2) is 8.42 Å². The minimum atomic E-state index is -3.53. The Hall–Kier alpha value is -1.40. The Morgan fingerprint density at radius 3 is 2.44 bits per heavy atom. The highest BCUT2D eigenvalue weighted by Crippen LogP contribution is 2.16. The molecule has 1 unspecified atom stereocenters. The van der Waals surface area contributed by atoms with Gasteiger partial charge in [-0.1, -0.05) is 36.3 Å². The number of rotatable bonds is 5. The van der Waals surface area contributed by atoms with Crippen LogP contribution in [0.4, 0.5) is 0 Å². The highest BCUT2D eigenvalue weighted by Gasteiger charge is 2.30. The molecule has 0 aliphatic rings. The Balaban J connectivity index is 3.31. The van der Waals surface area contributed by atoms with Gasteiger partial charge in [0.25, 0.3) is 0 Å². The van der Waals surface area contributed by atoms with Gasteiger partial charge in [-0.2, -0.15) is 0 Å². The lowest BCUT2D eigenvalue weighted by atomic mass is 10.0. The summed E-state index contributed by atoms with van der Waals surface area (Å²) in [4.78, 5) is 0. The van der Waals surface area contributed by atoms with Crippen molar-refractivity contribution in [2.75, 3.05) is 12.4 Å². The first-order valence-electron chi connectivity index (χ1n) is 5.58. The van der Waals surface area contributed by atoms with Crippen LogP contribution in [0.1, 0.15) is 18.1 Å². The summed E-state index contributed by atoms with van der Waals surface area (Å²) in [6.07, 6.45) is 0. The van der Waals surface area contributed by atoms with Crippen molar-refractivity contribution >= 4 is 15.5 Å². The van der Waals surface area contributed by atoms with Crippen LogP contribution in [0, 0.1) is 6.92 Å². The Morgan fingerprint density at radius 2 is 2.00 bits per heavy atom. The van der Waals surface area contributed by atoms with Crippen molar-refractivity contribution in [2.24, 2.45) is 5.16 Å². The summed E-state index contributed by atoms with van der Waals surface area (Å²) in [5.41, 5.74) is 1.29. The second-order valence-electron chi connectivity index (χ2n) is 3.92. The summed E-state index contributed by atoms with van der Waals surface area (Å²) in [6, 6.07) is 6.97. The van der Waals surface area contributed by atoms with Crippen LogP contribution in [0.25, 0.3) is 0 Å². The minimum absolute atomic E-state index is 0.0162. The highest BCUT2D eigenvalue weighted by atomic mass is 32.2. The van der Waals surface area contributed by atoms with Gasteiger partial charge in [0.1, 0.15) is 11.0 Å². The number of hydrogen-bond acceptors (Lipinski definition) is 5. The molecule has 0 aliphatic carbocycles. The number of aliphatic hydroxyl groups is 1. The molecule has 0 heterocycles. The first-order chi connectivity index (χ1) is 8.47. The molecule has 0 saturated heterocycles. The van der Waals surface area contributed by atoms with E-state index in [0.717, 1.165) is 5.56 Å². The first kappa shape index (κ1) is 14.7. The monoisotopic (exact) mass is 271 g/mol. The van der Waals surface area contributed by atoms with E-state index in [1.807, 2.05) is 0 Å². The third kappa shape index (κ3) is 2.88. The summed E-state index contributed by atoms with van der Waals surface area (Å²) in [5, 5.41) is 20.2. The topological polar surface area (TPSA) is 87.0 Å². The van der Waals surface area contributed by atoms with Gasteiger partial charge in [0, 0.05) is 11.3 Å². The SMILES string of the molecule is CCS(=O)(=O)C(CO)C(=NO)c1ccccc1C. The molecule has 100 valence electrons. The summed E-state index contributed by atoms with van der Waals surface area (Å²) in [7, 11) is -3.53. The van der Waals surface area contributed by atoms with Gasteiger partial charge in [-0.15, -0.1) is 0 Å². The van der Waals surface area contributed by atoms with Crippen molar-refractivity contribution in [3.05, 3.63) is 35.4 Å². The van der Waals surface area contributed by atoms with Crippen molar-refractivity contribution in [1.82, 2.24) is 0 Å². The normalized spacial score (nSPS) is 14.5. The van der Waals surface area contributed by atoms with Gasteiger partial charge >= 0.3 is 0 Å². The smallest absolute Gasteiger partial charge is 0.161 e. The largest absolute Gasteiger partial charge is 0.411 e. The summed E-state index contributed by atoms with van der Waals surface area (Å²) >= 11 is 0. The van der Waals surface area contributed by atoms with Gasteiger partial charge in [-0.05, 0) is 12.5 Å². The van der Waals surface area contributed by atoms with E-state index in [1.165, 1.54) is 6.92 Å². The Labute approximate surface area is 107 Å². The van der Waals surface area contributed by atoms with Gasteiger partial charge in [0.05, 0.1) is 6.61 Å².